The van der Waals surface area contributed by atoms with Gasteiger partial charge in [0.2, 0.25) is 0 Å². The van der Waals surface area contributed by atoms with Crippen molar-refractivity contribution in [1.29, 1.82) is 5.26 Å². The molecular formula is C25H23F6N9O4. The van der Waals surface area contributed by atoms with Crippen molar-refractivity contribution in [2.24, 2.45) is 5.73 Å². The van der Waals surface area contributed by atoms with Gasteiger partial charge in [-0.3, -0.25) is 4.79 Å². The Labute approximate surface area is 244 Å². The second-order valence-electron chi connectivity index (χ2n) is 9.18. The minimum absolute atomic E-state index is 0.118. The number of nitrogen functional groups attached to an aromatic ring is 1. The van der Waals surface area contributed by atoms with E-state index in [1.165, 1.54) is 24.7 Å². The molecule has 1 amide bonds. The molecule has 2 aromatic heterocycles. The molecule has 1 saturated heterocycles. The van der Waals surface area contributed by atoms with Gasteiger partial charge < -0.3 is 31.5 Å². The summed E-state index contributed by atoms with van der Waals surface area (Å²) in [6.07, 6.45) is -6.17. The lowest BCUT2D eigenvalue weighted by Crippen LogP contribution is -2.52. The van der Waals surface area contributed by atoms with Crippen molar-refractivity contribution in [1.82, 2.24) is 19.9 Å². The van der Waals surface area contributed by atoms with Gasteiger partial charge in [-0.15, -0.1) is 0 Å². The van der Waals surface area contributed by atoms with E-state index in [1.54, 1.807) is 6.92 Å². The zero-order valence-corrected chi connectivity index (χ0v) is 22.6. The van der Waals surface area contributed by atoms with Crippen molar-refractivity contribution in [3.8, 4) is 17.3 Å². The molecule has 234 valence electrons. The number of aliphatic carboxylic acids is 1. The van der Waals surface area contributed by atoms with Crippen LogP contribution in [0, 0.1) is 18.3 Å². The number of nitrogens with two attached hydrogens (primary N) is 2. The zero-order valence-electron chi connectivity index (χ0n) is 22.6. The number of hydrogen-bond donors (Lipinski definition) is 4. The Hall–Kier alpha value is -5.25. The fraction of sp³-hybridized carbons (Fsp3) is 0.320. The number of amides is 1. The van der Waals surface area contributed by atoms with E-state index in [2.05, 4.69) is 19.9 Å². The molecule has 3 aromatic rings. The monoisotopic (exact) mass is 627 g/mol. The summed E-state index contributed by atoms with van der Waals surface area (Å²) in [5.41, 5.74) is 7.55. The van der Waals surface area contributed by atoms with Crippen molar-refractivity contribution < 1.29 is 46.1 Å². The predicted octanol–water partition coefficient (Wildman–Crippen LogP) is 1.89. The summed E-state index contributed by atoms with van der Waals surface area (Å²) in [5, 5.41) is 26.6. The van der Waals surface area contributed by atoms with Gasteiger partial charge in [0.05, 0.1) is 11.9 Å². The van der Waals surface area contributed by atoms with Gasteiger partial charge in [-0.25, -0.2) is 24.7 Å². The molecule has 0 bridgehead atoms. The molecule has 0 spiro atoms. The van der Waals surface area contributed by atoms with Gasteiger partial charge in [0.25, 0.3) is 11.5 Å². The Bertz CT molecular complexity index is 1590. The third-order valence-electron chi connectivity index (χ3n) is 6.39. The van der Waals surface area contributed by atoms with Crippen LogP contribution in [0.25, 0.3) is 11.3 Å². The molecule has 0 aliphatic carbocycles. The lowest BCUT2D eigenvalue weighted by atomic mass is 9.89. The average Bonchev–Trinajstić information content (AvgIpc) is 2.96. The van der Waals surface area contributed by atoms with E-state index in [-0.39, 0.29) is 22.8 Å². The van der Waals surface area contributed by atoms with Crippen molar-refractivity contribution in [3.63, 3.8) is 0 Å². The number of benzene rings is 1. The third kappa shape index (κ3) is 6.86. The molecule has 1 unspecified atom stereocenters. The number of aromatic nitrogens is 4. The number of aliphatic hydroxyl groups is 1. The van der Waals surface area contributed by atoms with Crippen LogP contribution in [0.15, 0.2) is 36.8 Å². The number of alkyl halides is 6. The topological polar surface area (TPSA) is 208 Å². The van der Waals surface area contributed by atoms with Crippen molar-refractivity contribution >= 4 is 29.3 Å². The van der Waals surface area contributed by atoms with Crippen LogP contribution in [0.3, 0.4) is 0 Å². The van der Waals surface area contributed by atoms with Crippen LogP contribution < -0.4 is 21.3 Å². The van der Waals surface area contributed by atoms with Crippen molar-refractivity contribution in [3.05, 3.63) is 53.6 Å². The lowest BCUT2D eigenvalue weighted by molar-refractivity contribution is -0.255. The molecule has 1 fully saturated rings. The molecule has 6 N–H and O–H groups in total. The number of aryl methyl sites for hydroxylation is 1. The van der Waals surface area contributed by atoms with E-state index in [4.69, 9.17) is 21.4 Å². The normalized spacial score (nSPS) is 15.0. The second-order valence-corrected chi connectivity index (χ2v) is 9.18. The van der Waals surface area contributed by atoms with Gasteiger partial charge in [-0.1, -0.05) is 12.1 Å². The van der Waals surface area contributed by atoms with E-state index in [1.807, 2.05) is 15.9 Å². The highest BCUT2D eigenvalue weighted by Gasteiger charge is 2.60. The molecule has 1 atom stereocenters. The number of nitrogens with zero attached hydrogens (tertiary/aromatic N) is 7. The maximum absolute atomic E-state index is 13.6. The summed E-state index contributed by atoms with van der Waals surface area (Å²) in [6, 6.07) is 5.36. The maximum Gasteiger partial charge on any atom is 0.490 e. The number of carbonyl (C=O) groups excluding carboxylic acids is 1. The zero-order chi connectivity index (χ0) is 33.0. The Morgan fingerprint density at radius 2 is 1.52 bits per heavy atom. The van der Waals surface area contributed by atoms with E-state index in [0.29, 0.717) is 43.4 Å². The molecule has 19 heteroatoms. The van der Waals surface area contributed by atoms with Gasteiger partial charge in [0.15, 0.2) is 23.1 Å². The minimum atomic E-state index is -5.34. The average molecular weight is 628 g/mol. The first kappa shape index (κ1) is 33.3. The van der Waals surface area contributed by atoms with E-state index in [0.717, 1.165) is 12.1 Å². The van der Waals surface area contributed by atoms with E-state index < -0.39 is 35.4 Å². The molecular weight excluding hydrogens is 604 g/mol. The number of carboxylic acids is 1. The smallest absolute Gasteiger partial charge is 0.475 e. The van der Waals surface area contributed by atoms with Crippen LogP contribution in [0.5, 0.6) is 0 Å². The minimum Gasteiger partial charge on any atom is -0.475 e. The van der Waals surface area contributed by atoms with E-state index >= 15 is 0 Å². The molecule has 1 aliphatic rings. The summed E-state index contributed by atoms with van der Waals surface area (Å²) in [4.78, 5) is 41.3. The number of hydrogen-bond acceptors (Lipinski definition) is 11. The molecule has 44 heavy (non-hydrogen) atoms. The molecule has 13 nitrogen and oxygen atoms in total. The number of primary amides is 1. The van der Waals surface area contributed by atoms with Crippen LogP contribution in [0.1, 0.15) is 16.8 Å². The fourth-order valence-corrected chi connectivity index (χ4v) is 4.09. The van der Waals surface area contributed by atoms with Crippen LogP contribution in [-0.2, 0) is 15.2 Å². The van der Waals surface area contributed by atoms with Crippen LogP contribution >= 0.6 is 0 Å². The standard InChI is InChI=1S/C23H22F3N9O2.C2HF3O2/c1-13-2-3-14(22(37,21(29)36)23(24,25)26)10-15(13)17-12-32-18(28)20(33-17)35-8-6-34(7-9-35)19-16(11-27)30-4-5-31-19;3-2(4,5)1(6)7/h2-5,10,12,37H,6-9H2,1H3,(H2,28,32)(H2,29,36);(H,6,7). The van der Waals surface area contributed by atoms with Crippen LogP contribution in [0.2, 0.25) is 0 Å². The molecule has 0 saturated carbocycles. The lowest BCUT2D eigenvalue weighted by Gasteiger charge is -2.36. The molecule has 1 aliphatic heterocycles. The number of halogens is 6. The summed E-state index contributed by atoms with van der Waals surface area (Å²) in [7, 11) is 0. The Balaban J connectivity index is 0.000000676. The molecule has 3 heterocycles. The highest BCUT2D eigenvalue weighted by Crippen LogP contribution is 2.40. The summed E-state index contributed by atoms with van der Waals surface area (Å²) in [6.45, 7) is 3.48. The Kier molecular flexibility index (Phi) is 9.48. The first-order valence-corrected chi connectivity index (χ1v) is 12.3. The molecule has 1 aromatic carbocycles. The van der Waals surface area contributed by atoms with Crippen LogP contribution in [-0.4, -0.2) is 80.6 Å². The predicted molar refractivity (Wildman–Crippen MR) is 141 cm³/mol. The van der Waals surface area contributed by atoms with Gasteiger partial charge in [0.1, 0.15) is 6.07 Å². The van der Waals surface area contributed by atoms with Gasteiger partial charge in [-0.05, 0) is 18.6 Å². The third-order valence-corrected chi connectivity index (χ3v) is 6.39. The number of anilines is 3. The first-order chi connectivity index (χ1) is 20.4. The fourth-order valence-electron chi connectivity index (χ4n) is 4.09. The Morgan fingerprint density at radius 3 is 2.02 bits per heavy atom. The second kappa shape index (κ2) is 12.5. The highest BCUT2D eigenvalue weighted by atomic mass is 19.4. The number of nitriles is 1. The highest BCUT2D eigenvalue weighted by molar-refractivity contribution is 5.86. The van der Waals surface area contributed by atoms with E-state index in [9.17, 15) is 41.5 Å². The first-order valence-electron chi connectivity index (χ1n) is 12.3. The van der Waals surface area contributed by atoms with Crippen LogP contribution in [0.4, 0.5) is 43.8 Å². The SMILES string of the molecule is Cc1ccc(C(O)(C(N)=O)C(F)(F)F)cc1-c1cnc(N)c(N2CCN(c3nccnc3C#N)CC2)n1.O=C(O)C(F)(F)F. The largest absolute Gasteiger partial charge is 0.490 e. The summed E-state index contributed by atoms with van der Waals surface area (Å²) < 4.78 is 72.6. The molecule has 4 rings (SSSR count). The number of piperazine rings is 1. The number of rotatable bonds is 5. The quantitative estimate of drug-likeness (QED) is 0.299. The summed E-state index contributed by atoms with van der Waals surface area (Å²) in [5.74, 6) is -3.79. The van der Waals surface area contributed by atoms with Crippen molar-refractivity contribution in [2.75, 3.05) is 41.7 Å². The molecule has 0 radical (unpaired) electrons. The maximum atomic E-state index is 13.6. The van der Waals surface area contributed by atoms with Gasteiger partial charge in [-0.2, -0.15) is 31.6 Å². The summed E-state index contributed by atoms with van der Waals surface area (Å²) >= 11 is 0. The van der Waals surface area contributed by atoms with Gasteiger partial charge in [0, 0.05) is 49.7 Å². The number of carboxylic acid groups (broad SMARTS) is 1. The van der Waals surface area contributed by atoms with Gasteiger partial charge >= 0.3 is 18.3 Å². The Morgan fingerprint density at radius 1 is 0.977 bits per heavy atom. The number of carbonyl (C=O) groups is 2. The van der Waals surface area contributed by atoms with Crippen molar-refractivity contribution in [2.45, 2.75) is 24.9 Å².